The predicted octanol–water partition coefficient (Wildman–Crippen LogP) is 3.09. The molecule has 0 saturated heterocycles. The van der Waals surface area contributed by atoms with Gasteiger partial charge in [0.15, 0.2) is 0 Å². The van der Waals surface area contributed by atoms with Gasteiger partial charge in [0.1, 0.15) is 0 Å². The van der Waals surface area contributed by atoms with Crippen LogP contribution in [0.5, 0.6) is 0 Å². The molecule has 0 atom stereocenters. The molecule has 0 heterocycles. The molecular weight excluding hydrogens is 382 g/mol. The highest BCUT2D eigenvalue weighted by molar-refractivity contribution is 9.10. The molecule has 0 spiro atoms. The fraction of sp³-hybridized carbons (Fsp3) is 0.500. The third-order valence-corrected chi connectivity index (χ3v) is 5.03. The highest BCUT2D eigenvalue weighted by Crippen LogP contribution is 2.36. The Morgan fingerprint density at radius 1 is 1.39 bits per heavy atom. The average molecular weight is 403 g/mol. The highest BCUT2D eigenvalue weighted by Gasteiger charge is 2.24. The van der Waals surface area contributed by atoms with Crippen LogP contribution in [0.4, 0.5) is 5.69 Å². The van der Waals surface area contributed by atoms with E-state index in [4.69, 9.17) is 17.3 Å². The number of hydrogen-bond donors (Lipinski definition) is 2. The number of carbonyl (C=O) groups excluding carboxylic acids is 2. The number of nitrogens with one attached hydrogen (secondary N) is 1. The van der Waals surface area contributed by atoms with Crippen molar-refractivity contribution in [1.29, 1.82) is 0 Å². The van der Waals surface area contributed by atoms with Crippen molar-refractivity contribution in [3.05, 3.63) is 27.2 Å². The molecule has 2 rings (SSSR count). The lowest BCUT2D eigenvalue weighted by Gasteiger charge is -2.28. The zero-order valence-corrected chi connectivity index (χ0v) is 15.4. The summed E-state index contributed by atoms with van der Waals surface area (Å²) in [5.74, 6) is -0.758. The van der Waals surface area contributed by atoms with Gasteiger partial charge in [-0.2, -0.15) is 0 Å². The average Bonchev–Trinajstić information content (AvgIpc) is 3.02. The fourth-order valence-corrected chi connectivity index (χ4v) is 3.65. The van der Waals surface area contributed by atoms with Gasteiger partial charge >= 0.3 is 0 Å². The lowest BCUT2D eigenvalue weighted by Crippen LogP contribution is -2.31. The van der Waals surface area contributed by atoms with E-state index < -0.39 is 5.91 Å². The fourth-order valence-electron chi connectivity index (χ4n) is 2.88. The van der Waals surface area contributed by atoms with Crippen molar-refractivity contribution in [3.63, 3.8) is 0 Å². The Kier molecular flexibility index (Phi) is 6.30. The number of nitrogens with zero attached hydrogens (tertiary/aromatic N) is 1. The zero-order chi connectivity index (χ0) is 17.0. The van der Waals surface area contributed by atoms with Crippen molar-refractivity contribution < 1.29 is 9.59 Å². The first-order valence-corrected chi connectivity index (χ1v) is 8.85. The molecule has 0 unspecified atom stereocenters. The highest BCUT2D eigenvalue weighted by atomic mass is 79.9. The number of nitrogens with two attached hydrogens (primary N) is 1. The standard InChI is InChI=1S/C16H21BrClN3O2/c1-21(11-4-2-3-5-11)13-9-10(17)8-12(15(13)18)16(23)20-7-6-14(19)22/h8-9,11H,2-7H2,1H3,(H2,19,22)(H,20,23). The molecule has 7 heteroatoms. The minimum atomic E-state index is -0.452. The predicted molar refractivity (Wildman–Crippen MR) is 96.0 cm³/mol. The Morgan fingerprint density at radius 2 is 2.04 bits per heavy atom. The number of amides is 2. The van der Waals surface area contributed by atoms with Crippen molar-refractivity contribution >= 4 is 45.0 Å². The number of benzene rings is 1. The van der Waals surface area contributed by atoms with Crippen LogP contribution >= 0.6 is 27.5 Å². The Balaban J connectivity index is 2.20. The van der Waals surface area contributed by atoms with Crippen LogP contribution in [0.2, 0.25) is 5.02 Å². The van der Waals surface area contributed by atoms with Crippen molar-refractivity contribution in [1.82, 2.24) is 5.32 Å². The molecule has 3 N–H and O–H groups in total. The lowest BCUT2D eigenvalue weighted by molar-refractivity contribution is -0.117. The normalized spacial score (nSPS) is 14.7. The van der Waals surface area contributed by atoms with E-state index in [1.807, 2.05) is 13.1 Å². The molecule has 2 amide bonds. The summed E-state index contributed by atoms with van der Waals surface area (Å²) < 4.78 is 0.793. The molecule has 0 aliphatic heterocycles. The van der Waals surface area contributed by atoms with Crippen molar-refractivity contribution in [3.8, 4) is 0 Å². The quantitative estimate of drug-likeness (QED) is 0.768. The van der Waals surface area contributed by atoms with E-state index in [1.54, 1.807) is 6.07 Å². The van der Waals surface area contributed by atoms with E-state index in [0.29, 0.717) is 16.6 Å². The summed E-state index contributed by atoms with van der Waals surface area (Å²) in [4.78, 5) is 25.2. The summed E-state index contributed by atoms with van der Waals surface area (Å²) >= 11 is 9.92. The second-order valence-corrected chi connectivity index (χ2v) is 7.10. The first-order valence-electron chi connectivity index (χ1n) is 7.68. The van der Waals surface area contributed by atoms with Gasteiger partial charge in [0.25, 0.3) is 5.91 Å². The van der Waals surface area contributed by atoms with Crippen LogP contribution in [-0.4, -0.2) is 31.4 Å². The van der Waals surface area contributed by atoms with Gasteiger partial charge in [-0.3, -0.25) is 9.59 Å². The maximum Gasteiger partial charge on any atom is 0.252 e. The largest absolute Gasteiger partial charge is 0.370 e. The molecule has 1 fully saturated rings. The molecule has 1 aliphatic rings. The van der Waals surface area contributed by atoms with Crippen LogP contribution in [-0.2, 0) is 4.79 Å². The maximum atomic E-state index is 12.3. The molecule has 0 bridgehead atoms. The van der Waals surface area contributed by atoms with Gasteiger partial charge in [-0.25, -0.2) is 0 Å². The van der Waals surface area contributed by atoms with Crippen LogP contribution < -0.4 is 16.0 Å². The van der Waals surface area contributed by atoms with Crippen LogP contribution in [0.15, 0.2) is 16.6 Å². The molecule has 0 radical (unpaired) electrons. The molecule has 126 valence electrons. The summed E-state index contributed by atoms with van der Waals surface area (Å²) in [5.41, 5.74) is 6.31. The van der Waals surface area contributed by atoms with E-state index in [9.17, 15) is 9.59 Å². The summed E-state index contributed by atoms with van der Waals surface area (Å²) in [7, 11) is 2.01. The van der Waals surface area contributed by atoms with Crippen molar-refractivity contribution in [2.45, 2.75) is 38.1 Å². The number of hydrogen-bond acceptors (Lipinski definition) is 3. The molecule has 23 heavy (non-hydrogen) atoms. The van der Waals surface area contributed by atoms with E-state index >= 15 is 0 Å². The van der Waals surface area contributed by atoms with E-state index in [0.717, 1.165) is 23.0 Å². The van der Waals surface area contributed by atoms with E-state index in [1.165, 1.54) is 12.8 Å². The number of anilines is 1. The number of rotatable bonds is 6. The Hall–Kier alpha value is -1.27. The van der Waals surface area contributed by atoms with Gasteiger partial charge in [-0.1, -0.05) is 40.4 Å². The van der Waals surface area contributed by atoms with Crippen LogP contribution in [0, 0.1) is 0 Å². The SMILES string of the molecule is CN(c1cc(Br)cc(C(=O)NCCC(N)=O)c1Cl)C1CCCC1. The van der Waals surface area contributed by atoms with Gasteiger partial charge in [-0.15, -0.1) is 0 Å². The number of carbonyl (C=O) groups is 2. The maximum absolute atomic E-state index is 12.3. The molecular formula is C16H21BrClN3O2. The Labute approximate surface area is 149 Å². The van der Waals surface area contributed by atoms with E-state index in [-0.39, 0.29) is 18.9 Å². The topological polar surface area (TPSA) is 75.4 Å². The molecule has 1 aromatic carbocycles. The van der Waals surface area contributed by atoms with E-state index in [2.05, 4.69) is 26.1 Å². The minimum Gasteiger partial charge on any atom is -0.370 e. The number of halogens is 2. The summed E-state index contributed by atoms with van der Waals surface area (Å²) in [6, 6.07) is 4.07. The Morgan fingerprint density at radius 3 is 2.65 bits per heavy atom. The Bertz CT molecular complexity index is 603. The third kappa shape index (κ3) is 4.61. The minimum absolute atomic E-state index is 0.103. The smallest absolute Gasteiger partial charge is 0.252 e. The molecule has 5 nitrogen and oxygen atoms in total. The van der Waals surface area contributed by atoms with Crippen LogP contribution in [0.1, 0.15) is 42.5 Å². The molecule has 1 saturated carbocycles. The zero-order valence-electron chi connectivity index (χ0n) is 13.1. The summed E-state index contributed by atoms with van der Waals surface area (Å²) in [6.07, 6.45) is 4.83. The lowest BCUT2D eigenvalue weighted by atomic mass is 10.1. The van der Waals surface area contributed by atoms with Crippen molar-refractivity contribution in [2.75, 3.05) is 18.5 Å². The van der Waals surface area contributed by atoms with Gasteiger partial charge in [-0.05, 0) is 25.0 Å². The summed E-state index contributed by atoms with van der Waals surface area (Å²) in [5, 5.41) is 3.10. The molecule has 1 aromatic rings. The van der Waals surface area contributed by atoms with Gasteiger partial charge < -0.3 is 16.0 Å². The van der Waals surface area contributed by atoms with Gasteiger partial charge in [0.2, 0.25) is 5.91 Å². The van der Waals surface area contributed by atoms with Crippen molar-refractivity contribution in [2.24, 2.45) is 5.73 Å². The van der Waals surface area contributed by atoms with Gasteiger partial charge in [0.05, 0.1) is 16.3 Å². The first kappa shape index (κ1) is 18.1. The first-order chi connectivity index (χ1) is 10.9. The monoisotopic (exact) mass is 401 g/mol. The second-order valence-electron chi connectivity index (χ2n) is 5.81. The van der Waals surface area contributed by atoms with Crippen LogP contribution in [0.3, 0.4) is 0 Å². The van der Waals surface area contributed by atoms with Crippen LogP contribution in [0.25, 0.3) is 0 Å². The molecule has 1 aliphatic carbocycles. The second kappa shape index (κ2) is 8.02. The van der Waals surface area contributed by atoms with Gasteiger partial charge in [0, 0.05) is 30.5 Å². The molecule has 0 aromatic heterocycles. The number of primary amides is 1. The summed E-state index contributed by atoms with van der Waals surface area (Å²) in [6.45, 7) is 0.199. The third-order valence-electron chi connectivity index (χ3n) is 4.17.